The molecule has 2 heterocycles. The van der Waals surface area contributed by atoms with Gasteiger partial charge in [-0.3, -0.25) is 5.10 Å². The van der Waals surface area contributed by atoms with Gasteiger partial charge in [0.2, 0.25) is 4.77 Å². The Kier molecular flexibility index (Phi) is 3.06. The van der Waals surface area contributed by atoms with E-state index in [9.17, 15) is 0 Å². The number of rotatable bonds is 3. The standard InChI is InChI=1S/C14H16N4S/c1-3-4-7-18-11-6-5-9(2)8-10(11)12-13(18)15-14(19)17-16-12/h5-6,8H,3-4,7H2,1-2H3,(H,15,17,19). The van der Waals surface area contributed by atoms with E-state index in [0.717, 1.165) is 35.9 Å². The Labute approximate surface area is 116 Å². The number of nitrogens with zero attached hydrogens (tertiary/aromatic N) is 3. The van der Waals surface area contributed by atoms with Gasteiger partial charge >= 0.3 is 0 Å². The monoisotopic (exact) mass is 272 g/mol. The maximum absolute atomic E-state index is 5.10. The van der Waals surface area contributed by atoms with E-state index in [1.165, 1.54) is 11.1 Å². The van der Waals surface area contributed by atoms with E-state index in [-0.39, 0.29) is 0 Å². The van der Waals surface area contributed by atoms with Crippen molar-refractivity contribution < 1.29 is 0 Å². The minimum atomic E-state index is 0.435. The van der Waals surface area contributed by atoms with Gasteiger partial charge in [0.15, 0.2) is 5.65 Å². The number of hydrogen-bond acceptors (Lipinski definition) is 3. The van der Waals surface area contributed by atoms with Crippen molar-refractivity contribution in [1.82, 2.24) is 19.7 Å². The molecule has 4 nitrogen and oxygen atoms in total. The van der Waals surface area contributed by atoms with Crippen molar-refractivity contribution in [2.24, 2.45) is 0 Å². The number of aryl methyl sites for hydroxylation is 2. The summed E-state index contributed by atoms with van der Waals surface area (Å²) < 4.78 is 2.66. The molecule has 0 aliphatic rings. The molecule has 0 aliphatic heterocycles. The van der Waals surface area contributed by atoms with Crippen molar-refractivity contribution in [1.29, 1.82) is 0 Å². The van der Waals surface area contributed by atoms with E-state index in [1.807, 2.05) is 0 Å². The summed E-state index contributed by atoms with van der Waals surface area (Å²) in [6.45, 7) is 5.23. The second-order valence-electron chi connectivity index (χ2n) is 4.84. The number of benzene rings is 1. The minimum Gasteiger partial charge on any atom is -0.324 e. The van der Waals surface area contributed by atoms with E-state index in [0.29, 0.717) is 4.77 Å². The van der Waals surface area contributed by atoms with Crippen LogP contribution in [-0.2, 0) is 6.54 Å². The molecule has 0 bridgehead atoms. The third kappa shape index (κ3) is 2.04. The fourth-order valence-electron chi connectivity index (χ4n) is 2.43. The number of fused-ring (bicyclic) bond motifs is 3. The lowest BCUT2D eigenvalue weighted by Gasteiger charge is -2.04. The van der Waals surface area contributed by atoms with Crippen molar-refractivity contribution in [2.75, 3.05) is 0 Å². The molecule has 0 spiro atoms. The van der Waals surface area contributed by atoms with Gasteiger partial charge in [0.25, 0.3) is 0 Å². The predicted molar refractivity (Wildman–Crippen MR) is 79.9 cm³/mol. The largest absolute Gasteiger partial charge is 0.324 e. The number of aromatic nitrogens is 4. The van der Waals surface area contributed by atoms with Crippen LogP contribution in [0, 0.1) is 11.7 Å². The Balaban J connectivity index is 2.39. The lowest BCUT2D eigenvalue weighted by atomic mass is 10.2. The van der Waals surface area contributed by atoms with Crippen LogP contribution < -0.4 is 0 Å². The Morgan fingerprint density at radius 3 is 3.00 bits per heavy atom. The summed E-state index contributed by atoms with van der Waals surface area (Å²) in [6.07, 6.45) is 2.28. The first kappa shape index (κ1) is 12.3. The lowest BCUT2D eigenvalue weighted by Crippen LogP contribution is -1.99. The molecule has 0 unspecified atom stereocenters. The average Bonchev–Trinajstić information content (AvgIpc) is 2.69. The molecule has 1 aromatic carbocycles. The van der Waals surface area contributed by atoms with Gasteiger partial charge < -0.3 is 4.57 Å². The summed E-state index contributed by atoms with van der Waals surface area (Å²) in [5.41, 5.74) is 4.20. The van der Waals surface area contributed by atoms with Gasteiger partial charge in [-0.2, -0.15) is 10.1 Å². The summed E-state index contributed by atoms with van der Waals surface area (Å²) in [5, 5.41) is 8.31. The van der Waals surface area contributed by atoms with Gasteiger partial charge in [0.1, 0.15) is 5.52 Å². The van der Waals surface area contributed by atoms with E-state index in [4.69, 9.17) is 12.2 Å². The molecule has 19 heavy (non-hydrogen) atoms. The normalized spacial score (nSPS) is 11.5. The Hall–Kier alpha value is -1.75. The van der Waals surface area contributed by atoms with Crippen LogP contribution in [0.4, 0.5) is 0 Å². The van der Waals surface area contributed by atoms with Gasteiger partial charge in [-0.15, -0.1) is 0 Å². The van der Waals surface area contributed by atoms with E-state index in [2.05, 4.69) is 51.8 Å². The quantitative estimate of drug-likeness (QED) is 0.739. The third-order valence-electron chi connectivity index (χ3n) is 3.37. The maximum atomic E-state index is 5.10. The molecule has 0 saturated heterocycles. The fourth-order valence-corrected chi connectivity index (χ4v) is 2.56. The first-order valence-corrected chi connectivity index (χ1v) is 6.97. The van der Waals surface area contributed by atoms with Crippen LogP contribution >= 0.6 is 12.2 Å². The maximum Gasteiger partial charge on any atom is 0.215 e. The van der Waals surface area contributed by atoms with Crippen LogP contribution in [0.2, 0.25) is 0 Å². The van der Waals surface area contributed by atoms with Crippen LogP contribution in [0.15, 0.2) is 18.2 Å². The van der Waals surface area contributed by atoms with Crippen molar-refractivity contribution in [3.63, 3.8) is 0 Å². The zero-order chi connectivity index (χ0) is 13.4. The second kappa shape index (κ2) is 4.74. The third-order valence-corrected chi connectivity index (χ3v) is 3.55. The number of unbranched alkanes of at least 4 members (excludes halogenated alkanes) is 1. The summed E-state index contributed by atoms with van der Waals surface area (Å²) >= 11 is 5.10. The molecule has 1 N–H and O–H groups in total. The van der Waals surface area contributed by atoms with E-state index >= 15 is 0 Å². The molecular weight excluding hydrogens is 256 g/mol. The van der Waals surface area contributed by atoms with Crippen molar-refractivity contribution in [2.45, 2.75) is 33.2 Å². The molecule has 5 heteroatoms. The molecule has 0 atom stereocenters. The van der Waals surface area contributed by atoms with Crippen molar-refractivity contribution in [3.8, 4) is 0 Å². The highest BCUT2D eigenvalue weighted by Gasteiger charge is 2.12. The molecule has 3 aromatic rings. The highest BCUT2D eigenvalue weighted by molar-refractivity contribution is 7.71. The van der Waals surface area contributed by atoms with Gasteiger partial charge in [-0.1, -0.05) is 25.0 Å². The molecule has 0 fully saturated rings. The first-order valence-electron chi connectivity index (χ1n) is 6.56. The number of nitrogens with one attached hydrogen (secondary N) is 1. The SMILES string of the molecule is CCCCn1c2ccc(C)cc2c2n[nH]c(=S)nc21. The zero-order valence-corrected chi connectivity index (χ0v) is 11.9. The minimum absolute atomic E-state index is 0.435. The van der Waals surface area contributed by atoms with Gasteiger partial charge in [-0.25, -0.2) is 0 Å². The van der Waals surface area contributed by atoms with Crippen LogP contribution in [0.3, 0.4) is 0 Å². The summed E-state index contributed by atoms with van der Waals surface area (Å²) in [7, 11) is 0. The predicted octanol–water partition coefficient (Wildman–Crippen LogP) is 3.75. The van der Waals surface area contributed by atoms with Crippen LogP contribution in [0.25, 0.3) is 22.1 Å². The fraction of sp³-hybridized carbons (Fsp3) is 0.357. The first-order chi connectivity index (χ1) is 9.20. The molecule has 0 aliphatic carbocycles. The second-order valence-corrected chi connectivity index (χ2v) is 5.23. The summed E-state index contributed by atoms with van der Waals surface area (Å²) in [5.74, 6) is 0. The highest BCUT2D eigenvalue weighted by atomic mass is 32.1. The Morgan fingerprint density at radius 1 is 1.37 bits per heavy atom. The molecule has 3 rings (SSSR count). The molecule has 0 saturated carbocycles. The zero-order valence-electron chi connectivity index (χ0n) is 11.1. The van der Waals surface area contributed by atoms with Crippen molar-refractivity contribution >= 4 is 34.3 Å². The molecule has 0 radical (unpaired) electrons. The summed E-state index contributed by atoms with van der Waals surface area (Å²) in [6, 6.07) is 6.43. The average molecular weight is 272 g/mol. The molecular formula is C14H16N4S. The van der Waals surface area contributed by atoms with Crippen molar-refractivity contribution in [3.05, 3.63) is 28.5 Å². The van der Waals surface area contributed by atoms with Crippen LogP contribution in [0.1, 0.15) is 25.3 Å². The number of aromatic amines is 1. The summed E-state index contributed by atoms with van der Waals surface area (Å²) in [4.78, 5) is 4.46. The smallest absolute Gasteiger partial charge is 0.215 e. The highest BCUT2D eigenvalue weighted by Crippen LogP contribution is 2.27. The number of H-pyrrole nitrogens is 1. The topological polar surface area (TPSA) is 46.5 Å². The number of hydrogen-bond donors (Lipinski definition) is 1. The van der Waals surface area contributed by atoms with Gasteiger partial charge in [0.05, 0.1) is 5.52 Å². The van der Waals surface area contributed by atoms with E-state index < -0.39 is 0 Å². The molecule has 2 aromatic heterocycles. The van der Waals surface area contributed by atoms with Crippen LogP contribution in [0.5, 0.6) is 0 Å². The Morgan fingerprint density at radius 2 is 2.21 bits per heavy atom. The molecule has 0 amide bonds. The Bertz CT molecular complexity index is 800. The lowest BCUT2D eigenvalue weighted by molar-refractivity contribution is 0.659. The van der Waals surface area contributed by atoms with Gasteiger partial charge in [-0.05, 0) is 37.7 Å². The van der Waals surface area contributed by atoms with Gasteiger partial charge in [0, 0.05) is 11.9 Å². The van der Waals surface area contributed by atoms with E-state index in [1.54, 1.807) is 0 Å². The molecule has 98 valence electrons. The van der Waals surface area contributed by atoms with Crippen LogP contribution in [-0.4, -0.2) is 19.7 Å².